The van der Waals surface area contributed by atoms with E-state index in [0.29, 0.717) is 17.0 Å². The number of ether oxygens (including phenoxy) is 5. The fourth-order valence-corrected chi connectivity index (χ4v) is 4.51. The summed E-state index contributed by atoms with van der Waals surface area (Å²) < 4.78 is 28.0. The summed E-state index contributed by atoms with van der Waals surface area (Å²) in [6, 6.07) is 13.3. The molecule has 204 valence electrons. The van der Waals surface area contributed by atoms with Crippen molar-refractivity contribution in [2.75, 3.05) is 6.61 Å². The largest absolute Gasteiger partial charge is 0.463 e. The maximum absolute atomic E-state index is 12.1. The highest BCUT2D eigenvalue weighted by molar-refractivity contribution is 6.31. The van der Waals surface area contributed by atoms with E-state index < -0.39 is 54.4 Å². The van der Waals surface area contributed by atoms with Crippen molar-refractivity contribution in [3.8, 4) is 0 Å². The SMILES string of the molecule is CC(=O)OC[C@H]1O[C@H](c2ccc(Cl)c(Cc3ccc(C)cc3)c2)[C@@H](OC(C)=O)[C@@H](OC(C)=O)[C@@H]1OC(C)=O. The zero-order valence-electron chi connectivity index (χ0n) is 21.9. The molecule has 2 aromatic carbocycles. The lowest BCUT2D eigenvalue weighted by Gasteiger charge is -2.44. The molecule has 38 heavy (non-hydrogen) atoms. The Morgan fingerprint density at radius 1 is 0.789 bits per heavy atom. The Morgan fingerprint density at radius 2 is 1.37 bits per heavy atom. The number of aryl methyl sites for hydroxylation is 1. The first kappa shape index (κ1) is 29.1. The molecule has 0 amide bonds. The second-order valence-corrected chi connectivity index (χ2v) is 9.54. The van der Waals surface area contributed by atoms with Crippen LogP contribution in [0.5, 0.6) is 0 Å². The van der Waals surface area contributed by atoms with Crippen molar-refractivity contribution in [3.63, 3.8) is 0 Å². The first-order valence-corrected chi connectivity index (χ1v) is 12.5. The van der Waals surface area contributed by atoms with Crippen molar-refractivity contribution in [2.45, 2.75) is 71.6 Å². The van der Waals surface area contributed by atoms with Crippen molar-refractivity contribution in [3.05, 3.63) is 69.7 Å². The highest BCUT2D eigenvalue weighted by atomic mass is 35.5. The second-order valence-electron chi connectivity index (χ2n) is 9.13. The van der Waals surface area contributed by atoms with E-state index >= 15 is 0 Å². The van der Waals surface area contributed by atoms with Gasteiger partial charge in [-0.05, 0) is 36.1 Å². The number of carbonyl (C=O) groups is 4. The number of halogens is 1. The van der Waals surface area contributed by atoms with Gasteiger partial charge in [0.1, 0.15) is 18.8 Å². The summed E-state index contributed by atoms with van der Waals surface area (Å²) in [6.45, 7) is 6.50. The number of esters is 4. The molecule has 0 aromatic heterocycles. The summed E-state index contributed by atoms with van der Waals surface area (Å²) in [7, 11) is 0. The Balaban J connectivity index is 2.06. The van der Waals surface area contributed by atoms with Crippen LogP contribution in [0.15, 0.2) is 42.5 Å². The molecule has 2 aromatic rings. The van der Waals surface area contributed by atoms with Gasteiger partial charge in [0.15, 0.2) is 18.3 Å². The number of hydrogen-bond acceptors (Lipinski definition) is 9. The number of carbonyl (C=O) groups excluding carboxylic acids is 4. The van der Waals surface area contributed by atoms with E-state index in [0.717, 1.165) is 16.7 Å². The fourth-order valence-electron chi connectivity index (χ4n) is 4.33. The van der Waals surface area contributed by atoms with Gasteiger partial charge in [-0.15, -0.1) is 0 Å². The molecule has 0 unspecified atom stereocenters. The third-order valence-corrected chi connectivity index (χ3v) is 6.27. The number of hydrogen-bond donors (Lipinski definition) is 0. The van der Waals surface area contributed by atoms with Crippen LogP contribution < -0.4 is 0 Å². The van der Waals surface area contributed by atoms with Gasteiger partial charge in [0, 0.05) is 32.7 Å². The second kappa shape index (κ2) is 12.9. The third kappa shape index (κ3) is 7.79. The molecular weight excluding hydrogens is 516 g/mol. The van der Waals surface area contributed by atoms with Crippen molar-refractivity contribution < 1.29 is 42.9 Å². The monoisotopic (exact) mass is 546 g/mol. The topological polar surface area (TPSA) is 114 Å². The normalized spacial score (nSPS) is 22.7. The van der Waals surface area contributed by atoms with Gasteiger partial charge in [-0.25, -0.2) is 0 Å². The molecule has 10 heteroatoms. The van der Waals surface area contributed by atoms with Gasteiger partial charge in [-0.3, -0.25) is 19.2 Å². The fraction of sp³-hybridized carbons (Fsp3) is 0.429. The van der Waals surface area contributed by atoms with E-state index in [4.69, 9.17) is 35.3 Å². The first-order chi connectivity index (χ1) is 17.9. The predicted octanol–water partition coefficient (Wildman–Crippen LogP) is 4.04. The van der Waals surface area contributed by atoms with Crippen molar-refractivity contribution >= 4 is 35.5 Å². The first-order valence-electron chi connectivity index (χ1n) is 12.1. The van der Waals surface area contributed by atoms with Crippen LogP contribution in [0.1, 0.15) is 56.1 Å². The average molecular weight is 547 g/mol. The van der Waals surface area contributed by atoms with E-state index in [2.05, 4.69) is 0 Å². The molecule has 0 radical (unpaired) electrons. The van der Waals surface area contributed by atoms with Crippen LogP contribution in [0.4, 0.5) is 0 Å². The molecule has 1 saturated heterocycles. The Labute approximate surface area is 226 Å². The van der Waals surface area contributed by atoms with Crippen LogP contribution in [0.25, 0.3) is 0 Å². The Kier molecular flexibility index (Phi) is 9.88. The van der Waals surface area contributed by atoms with E-state index in [1.54, 1.807) is 12.1 Å². The van der Waals surface area contributed by atoms with E-state index in [1.807, 2.05) is 37.3 Å². The van der Waals surface area contributed by atoms with Gasteiger partial charge in [-0.2, -0.15) is 0 Å². The van der Waals surface area contributed by atoms with Crippen LogP contribution in [0.3, 0.4) is 0 Å². The van der Waals surface area contributed by atoms with Crippen LogP contribution in [0.2, 0.25) is 5.02 Å². The molecular formula is C28H31ClO9. The summed E-state index contributed by atoms with van der Waals surface area (Å²) in [6.07, 6.45) is -5.10. The molecule has 1 heterocycles. The molecule has 1 aliphatic rings. The summed E-state index contributed by atoms with van der Waals surface area (Å²) >= 11 is 6.52. The molecule has 0 saturated carbocycles. The van der Waals surface area contributed by atoms with Crippen LogP contribution in [0, 0.1) is 6.92 Å². The summed E-state index contributed by atoms with van der Waals surface area (Å²) in [5, 5.41) is 0.528. The highest BCUT2D eigenvalue weighted by Gasteiger charge is 2.52. The van der Waals surface area contributed by atoms with Gasteiger partial charge >= 0.3 is 23.9 Å². The smallest absolute Gasteiger partial charge is 0.303 e. The van der Waals surface area contributed by atoms with Crippen LogP contribution >= 0.6 is 11.6 Å². The van der Waals surface area contributed by atoms with Crippen molar-refractivity contribution in [1.29, 1.82) is 0 Å². The van der Waals surface area contributed by atoms with E-state index in [9.17, 15) is 19.2 Å². The lowest BCUT2D eigenvalue weighted by Crippen LogP contribution is -2.59. The number of benzene rings is 2. The highest BCUT2D eigenvalue weighted by Crippen LogP contribution is 2.39. The molecule has 0 bridgehead atoms. The lowest BCUT2D eigenvalue weighted by atomic mass is 9.89. The van der Waals surface area contributed by atoms with Gasteiger partial charge in [-0.1, -0.05) is 53.6 Å². The van der Waals surface area contributed by atoms with Gasteiger partial charge in [0.25, 0.3) is 0 Å². The predicted molar refractivity (Wildman–Crippen MR) is 136 cm³/mol. The number of rotatable bonds is 8. The Bertz CT molecular complexity index is 1180. The quantitative estimate of drug-likeness (QED) is 0.357. The van der Waals surface area contributed by atoms with E-state index in [-0.39, 0.29) is 6.61 Å². The maximum Gasteiger partial charge on any atom is 0.303 e. The van der Waals surface area contributed by atoms with Crippen LogP contribution in [-0.4, -0.2) is 54.9 Å². The molecule has 0 spiro atoms. The average Bonchev–Trinajstić information content (AvgIpc) is 2.82. The summed E-state index contributed by atoms with van der Waals surface area (Å²) in [5.74, 6) is -2.61. The zero-order chi connectivity index (χ0) is 28.0. The van der Waals surface area contributed by atoms with Gasteiger partial charge in [0.05, 0.1) is 0 Å². The molecule has 1 aliphatic heterocycles. The summed E-state index contributed by atoms with van der Waals surface area (Å²) in [4.78, 5) is 47.7. The van der Waals surface area contributed by atoms with Crippen molar-refractivity contribution in [1.82, 2.24) is 0 Å². The van der Waals surface area contributed by atoms with Gasteiger partial charge < -0.3 is 23.7 Å². The minimum Gasteiger partial charge on any atom is -0.463 e. The molecule has 0 N–H and O–H groups in total. The summed E-state index contributed by atoms with van der Waals surface area (Å²) in [5.41, 5.74) is 3.54. The molecule has 1 fully saturated rings. The molecule has 9 nitrogen and oxygen atoms in total. The van der Waals surface area contributed by atoms with E-state index in [1.165, 1.54) is 27.7 Å². The lowest BCUT2D eigenvalue weighted by molar-refractivity contribution is -0.254. The maximum atomic E-state index is 12.1. The minimum atomic E-state index is -1.24. The van der Waals surface area contributed by atoms with Crippen molar-refractivity contribution in [2.24, 2.45) is 0 Å². The molecule has 5 atom stereocenters. The standard InChI is InChI=1S/C28H31ClO9/c1-15-6-8-20(9-7-15)12-22-13-21(10-11-23(22)29)25-27(36-18(4)32)28(37-19(5)33)26(35-17(3)31)24(38-25)14-34-16(2)30/h6-11,13,24-28H,12,14H2,1-5H3/t24-,25-,26-,27-,28+/m1/s1. The van der Waals surface area contributed by atoms with Gasteiger partial charge in [0.2, 0.25) is 0 Å². The zero-order valence-corrected chi connectivity index (χ0v) is 22.7. The minimum absolute atomic E-state index is 0.294. The molecule has 3 rings (SSSR count). The Hall–Kier alpha value is -3.43. The third-order valence-electron chi connectivity index (χ3n) is 5.90. The Morgan fingerprint density at radius 3 is 1.95 bits per heavy atom. The molecule has 0 aliphatic carbocycles. The van der Waals surface area contributed by atoms with Crippen LogP contribution in [-0.2, 0) is 49.3 Å².